The van der Waals surface area contributed by atoms with Crippen molar-refractivity contribution in [2.24, 2.45) is 5.73 Å². The lowest BCUT2D eigenvalue weighted by molar-refractivity contribution is 0.155. The molecule has 0 radical (unpaired) electrons. The van der Waals surface area contributed by atoms with Crippen molar-refractivity contribution in [2.45, 2.75) is 44.7 Å². The van der Waals surface area contributed by atoms with Crippen LogP contribution in [0, 0.1) is 0 Å². The van der Waals surface area contributed by atoms with E-state index in [0.29, 0.717) is 35.7 Å². The zero-order chi connectivity index (χ0) is 21.8. The Kier molecular flexibility index (Phi) is 6.48. The molecule has 31 heavy (non-hydrogen) atoms. The minimum atomic E-state index is -1.05. The number of carbonyl (C=O) groups is 1. The number of rotatable bonds is 8. The Morgan fingerprint density at radius 3 is 2.97 bits per heavy atom. The molecule has 2 heterocycles. The molecule has 8 nitrogen and oxygen atoms in total. The summed E-state index contributed by atoms with van der Waals surface area (Å²) in [7, 11) is 1.57. The van der Waals surface area contributed by atoms with Crippen molar-refractivity contribution in [1.82, 2.24) is 19.4 Å². The molecule has 1 aliphatic carbocycles. The Hall–Kier alpha value is -2.97. The van der Waals surface area contributed by atoms with Crippen molar-refractivity contribution in [3.8, 4) is 5.75 Å². The molecular weight excluding hydrogens is 394 g/mol. The first kappa shape index (κ1) is 21.3. The Bertz CT molecular complexity index is 1060. The predicted octanol–water partition coefficient (Wildman–Crippen LogP) is 3.58. The molecule has 0 amide bonds. The van der Waals surface area contributed by atoms with Gasteiger partial charge in [-0.1, -0.05) is 12.1 Å². The second-order valence-corrected chi connectivity index (χ2v) is 7.90. The molecule has 0 fully saturated rings. The summed E-state index contributed by atoms with van der Waals surface area (Å²) in [5.41, 5.74) is 9.19. The van der Waals surface area contributed by atoms with Crippen LogP contribution in [0.2, 0.25) is 0 Å². The third-order valence-electron chi connectivity index (χ3n) is 5.98. The van der Waals surface area contributed by atoms with Crippen molar-refractivity contribution in [1.29, 1.82) is 0 Å². The number of hydrogen-bond donors (Lipinski definition) is 2. The van der Waals surface area contributed by atoms with Gasteiger partial charge in [-0.3, -0.25) is 9.88 Å². The molecule has 1 aromatic carbocycles. The number of aryl methyl sites for hydroxylation is 1. The first-order valence-corrected chi connectivity index (χ1v) is 10.8. The topological polar surface area (TPSA) is 106 Å². The van der Waals surface area contributed by atoms with Crippen molar-refractivity contribution in [3.63, 3.8) is 0 Å². The summed E-state index contributed by atoms with van der Waals surface area (Å²) >= 11 is 0. The molecule has 0 saturated carbocycles. The normalized spacial score (nSPS) is 15.9. The summed E-state index contributed by atoms with van der Waals surface area (Å²) in [5, 5.41) is 9.95. The summed E-state index contributed by atoms with van der Waals surface area (Å²) in [6.45, 7) is 1.85. The second kappa shape index (κ2) is 9.45. The average molecular weight is 424 g/mol. The van der Waals surface area contributed by atoms with Crippen LogP contribution in [-0.2, 0) is 13.0 Å². The SMILES string of the molecule is COc1cccc2c1nc(CN(CCCCN)C1CCCc3cccnc31)n2C(=O)O. The molecule has 0 aliphatic heterocycles. The van der Waals surface area contributed by atoms with Crippen molar-refractivity contribution < 1.29 is 14.6 Å². The van der Waals surface area contributed by atoms with E-state index in [4.69, 9.17) is 15.5 Å². The standard InChI is InChI=1S/C23H29N5O3/c1-31-19-11-5-10-18-22(19)26-20(28(18)23(29)30)15-27(14-3-2-12-24)17-9-4-7-16-8-6-13-25-21(16)17/h5-6,8,10-11,13,17H,2-4,7,9,12,14-15,24H2,1H3,(H,29,30). The van der Waals surface area contributed by atoms with Gasteiger partial charge in [0.1, 0.15) is 17.1 Å². The summed E-state index contributed by atoms with van der Waals surface area (Å²) < 4.78 is 6.69. The van der Waals surface area contributed by atoms with Crippen LogP contribution in [0.15, 0.2) is 36.5 Å². The quantitative estimate of drug-likeness (QED) is 0.533. The third-order valence-corrected chi connectivity index (χ3v) is 5.98. The first-order chi connectivity index (χ1) is 15.1. The maximum atomic E-state index is 12.1. The minimum absolute atomic E-state index is 0.131. The van der Waals surface area contributed by atoms with Crippen LogP contribution in [0.4, 0.5) is 4.79 Å². The van der Waals surface area contributed by atoms with E-state index in [9.17, 15) is 9.90 Å². The highest BCUT2D eigenvalue weighted by atomic mass is 16.5. The van der Waals surface area contributed by atoms with E-state index in [1.165, 1.54) is 10.1 Å². The van der Waals surface area contributed by atoms with Crippen LogP contribution in [0.3, 0.4) is 0 Å². The molecule has 164 valence electrons. The predicted molar refractivity (Wildman–Crippen MR) is 118 cm³/mol. The molecule has 8 heteroatoms. The lowest BCUT2D eigenvalue weighted by atomic mass is 9.90. The fourth-order valence-corrected chi connectivity index (χ4v) is 4.53. The average Bonchev–Trinajstić information content (AvgIpc) is 3.16. The molecule has 4 rings (SSSR count). The summed E-state index contributed by atoms with van der Waals surface area (Å²) in [6.07, 6.45) is 5.75. The van der Waals surface area contributed by atoms with Crippen LogP contribution in [-0.4, -0.2) is 50.8 Å². The zero-order valence-electron chi connectivity index (χ0n) is 17.8. The van der Waals surface area contributed by atoms with E-state index in [-0.39, 0.29) is 6.04 Å². The number of carboxylic acid groups (broad SMARTS) is 1. The largest absolute Gasteiger partial charge is 0.494 e. The number of pyridine rings is 1. The number of unbranched alkanes of at least 4 members (excludes halogenated alkanes) is 1. The number of hydrogen-bond acceptors (Lipinski definition) is 6. The van der Waals surface area contributed by atoms with Gasteiger partial charge < -0.3 is 15.6 Å². The third kappa shape index (κ3) is 4.26. The van der Waals surface area contributed by atoms with E-state index in [0.717, 1.165) is 44.3 Å². The summed E-state index contributed by atoms with van der Waals surface area (Å²) in [6, 6.07) is 9.60. The van der Waals surface area contributed by atoms with Gasteiger partial charge in [0.15, 0.2) is 0 Å². The Balaban J connectivity index is 1.73. The summed E-state index contributed by atoms with van der Waals surface area (Å²) in [4.78, 5) is 23.8. The molecule has 0 saturated heterocycles. The maximum Gasteiger partial charge on any atom is 0.417 e. The fraction of sp³-hybridized carbons (Fsp3) is 0.435. The van der Waals surface area contributed by atoms with E-state index in [1.54, 1.807) is 25.3 Å². The van der Waals surface area contributed by atoms with E-state index in [1.807, 2.05) is 12.3 Å². The molecule has 1 unspecified atom stereocenters. The number of aromatic nitrogens is 3. The maximum absolute atomic E-state index is 12.1. The van der Waals surface area contributed by atoms with E-state index >= 15 is 0 Å². The Morgan fingerprint density at radius 1 is 1.32 bits per heavy atom. The molecule has 1 atom stereocenters. The summed E-state index contributed by atoms with van der Waals surface area (Å²) in [5.74, 6) is 1.06. The molecular formula is C23H29N5O3. The number of nitrogens with zero attached hydrogens (tertiary/aromatic N) is 4. The van der Waals surface area contributed by atoms with Crippen LogP contribution in [0.1, 0.15) is 48.8 Å². The van der Waals surface area contributed by atoms with E-state index < -0.39 is 6.09 Å². The van der Waals surface area contributed by atoms with Gasteiger partial charge in [0, 0.05) is 6.20 Å². The number of methoxy groups -OCH3 is 1. The van der Waals surface area contributed by atoms with Crippen LogP contribution in [0.5, 0.6) is 5.75 Å². The monoisotopic (exact) mass is 423 g/mol. The minimum Gasteiger partial charge on any atom is -0.494 e. The Labute approximate surface area is 181 Å². The van der Waals surface area contributed by atoms with Gasteiger partial charge in [0.05, 0.1) is 30.9 Å². The molecule has 2 aromatic heterocycles. The highest BCUT2D eigenvalue weighted by Crippen LogP contribution is 2.34. The molecule has 0 bridgehead atoms. The number of para-hydroxylation sites is 1. The molecule has 1 aliphatic rings. The second-order valence-electron chi connectivity index (χ2n) is 7.90. The number of nitrogens with two attached hydrogens (primary N) is 1. The number of imidazole rings is 1. The number of ether oxygens (including phenoxy) is 1. The van der Waals surface area contributed by atoms with E-state index in [2.05, 4.69) is 16.0 Å². The molecule has 0 spiro atoms. The van der Waals surface area contributed by atoms with Crippen molar-refractivity contribution in [2.75, 3.05) is 20.2 Å². The number of benzene rings is 1. The zero-order valence-corrected chi connectivity index (χ0v) is 17.8. The highest BCUT2D eigenvalue weighted by molar-refractivity contribution is 5.90. The highest BCUT2D eigenvalue weighted by Gasteiger charge is 2.29. The Morgan fingerprint density at radius 2 is 2.19 bits per heavy atom. The van der Waals surface area contributed by atoms with Crippen molar-refractivity contribution in [3.05, 3.63) is 53.6 Å². The smallest absolute Gasteiger partial charge is 0.417 e. The lowest BCUT2D eigenvalue weighted by Crippen LogP contribution is -2.34. The van der Waals surface area contributed by atoms with Crippen LogP contribution in [0.25, 0.3) is 11.0 Å². The van der Waals surface area contributed by atoms with Gasteiger partial charge in [-0.15, -0.1) is 0 Å². The van der Waals surface area contributed by atoms with Crippen LogP contribution < -0.4 is 10.5 Å². The van der Waals surface area contributed by atoms with Gasteiger partial charge in [-0.2, -0.15) is 0 Å². The van der Waals surface area contributed by atoms with Gasteiger partial charge >= 0.3 is 6.09 Å². The van der Waals surface area contributed by atoms with Crippen molar-refractivity contribution >= 4 is 17.1 Å². The number of fused-ring (bicyclic) bond motifs is 2. The van der Waals surface area contributed by atoms with Gasteiger partial charge in [-0.25, -0.2) is 14.3 Å². The molecule has 3 N–H and O–H groups in total. The van der Waals surface area contributed by atoms with Gasteiger partial charge in [-0.05, 0) is 69.0 Å². The first-order valence-electron chi connectivity index (χ1n) is 10.8. The fourth-order valence-electron chi connectivity index (χ4n) is 4.53. The molecule has 3 aromatic rings. The lowest BCUT2D eigenvalue weighted by Gasteiger charge is -2.34. The van der Waals surface area contributed by atoms with Crippen LogP contribution >= 0.6 is 0 Å². The van der Waals surface area contributed by atoms with Gasteiger partial charge in [0.25, 0.3) is 0 Å². The van der Waals surface area contributed by atoms with Gasteiger partial charge in [0.2, 0.25) is 0 Å².